The molecule has 0 saturated heterocycles. The number of nitrogens with one attached hydrogen (secondary N) is 1. The molecule has 1 N–H and O–H groups in total. The van der Waals surface area contributed by atoms with Gasteiger partial charge in [0.2, 0.25) is 0 Å². The van der Waals surface area contributed by atoms with Crippen LogP contribution in [0.15, 0.2) is 72.2 Å². The first kappa shape index (κ1) is 17.4. The number of aryl methyl sites for hydroxylation is 1. The van der Waals surface area contributed by atoms with E-state index in [2.05, 4.69) is 59.0 Å². The average molecular weight is 372 g/mol. The lowest BCUT2D eigenvalue weighted by atomic mass is 10.0. The van der Waals surface area contributed by atoms with Gasteiger partial charge in [0.05, 0.1) is 22.2 Å². The minimum absolute atomic E-state index is 0.0817. The van der Waals surface area contributed by atoms with Crippen molar-refractivity contribution in [2.75, 3.05) is 0 Å². The minimum Gasteiger partial charge on any atom is -0.345 e. The number of nitrogens with zero attached hydrogens (tertiary/aromatic N) is 1. The number of amides is 1. The number of hydrogen-bond acceptors (Lipinski definition) is 3. The van der Waals surface area contributed by atoms with Crippen LogP contribution in [0.4, 0.5) is 0 Å². The predicted octanol–water partition coefficient (Wildman–Crippen LogP) is 5.76. The van der Waals surface area contributed by atoms with E-state index >= 15 is 0 Å². The molecule has 4 heteroatoms. The molecule has 0 aliphatic carbocycles. The Kier molecular flexibility index (Phi) is 4.73. The Morgan fingerprint density at radius 2 is 1.85 bits per heavy atom. The van der Waals surface area contributed by atoms with Gasteiger partial charge in [-0.3, -0.25) is 9.78 Å². The molecule has 0 saturated carbocycles. The molecule has 2 aromatic heterocycles. The second-order valence-electron chi connectivity index (χ2n) is 6.72. The van der Waals surface area contributed by atoms with Crippen LogP contribution >= 0.6 is 11.3 Å². The molecule has 1 amide bonds. The highest BCUT2D eigenvalue weighted by Crippen LogP contribution is 2.25. The fourth-order valence-electron chi connectivity index (χ4n) is 3.08. The zero-order chi connectivity index (χ0) is 18.8. The van der Waals surface area contributed by atoms with Gasteiger partial charge in [0.15, 0.2) is 0 Å². The second kappa shape index (κ2) is 7.33. The van der Waals surface area contributed by atoms with Gasteiger partial charge in [-0.05, 0) is 65.4 Å². The lowest BCUT2D eigenvalue weighted by Crippen LogP contribution is -2.26. The SMILES string of the molecule is Cc1csc(-c2ccc(C(=O)N[C@@H](C)c3ccc4ccccc4c3)cn2)c1. The Morgan fingerprint density at radius 1 is 1.04 bits per heavy atom. The first-order chi connectivity index (χ1) is 13.1. The molecule has 0 bridgehead atoms. The zero-order valence-corrected chi connectivity index (χ0v) is 16.1. The Morgan fingerprint density at radius 3 is 2.56 bits per heavy atom. The largest absolute Gasteiger partial charge is 0.345 e. The summed E-state index contributed by atoms with van der Waals surface area (Å²) >= 11 is 1.66. The van der Waals surface area contributed by atoms with E-state index in [1.807, 2.05) is 31.2 Å². The summed E-state index contributed by atoms with van der Waals surface area (Å²) in [5.41, 5.74) is 3.77. The van der Waals surface area contributed by atoms with Crippen LogP contribution in [-0.4, -0.2) is 10.9 Å². The van der Waals surface area contributed by atoms with Crippen LogP contribution in [0.5, 0.6) is 0 Å². The number of benzene rings is 2. The van der Waals surface area contributed by atoms with Crippen LogP contribution < -0.4 is 5.32 Å². The fourth-order valence-corrected chi connectivity index (χ4v) is 3.96. The van der Waals surface area contributed by atoms with Gasteiger partial charge in [-0.1, -0.05) is 36.4 Å². The highest BCUT2D eigenvalue weighted by molar-refractivity contribution is 7.13. The summed E-state index contributed by atoms with van der Waals surface area (Å²) in [4.78, 5) is 18.2. The number of fused-ring (bicyclic) bond motifs is 1. The third kappa shape index (κ3) is 3.76. The van der Waals surface area contributed by atoms with E-state index in [4.69, 9.17) is 0 Å². The maximum absolute atomic E-state index is 12.6. The quantitative estimate of drug-likeness (QED) is 0.495. The molecule has 0 unspecified atom stereocenters. The lowest BCUT2D eigenvalue weighted by molar-refractivity contribution is 0.0939. The summed E-state index contributed by atoms with van der Waals surface area (Å²) < 4.78 is 0. The van der Waals surface area contributed by atoms with Crippen molar-refractivity contribution < 1.29 is 4.79 Å². The Labute approximate surface area is 162 Å². The summed E-state index contributed by atoms with van der Waals surface area (Å²) in [7, 11) is 0. The summed E-state index contributed by atoms with van der Waals surface area (Å²) in [6.07, 6.45) is 1.65. The number of pyridine rings is 1. The smallest absolute Gasteiger partial charge is 0.253 e. The number of aromatic nitrogens is 1. The number of thiophene rings is 1. The van der Waals surface area contributed by atoms with Gasteiger partial charge in [0, 0.05) is 6.20 Å². The van der Waals surface area contributed by atoms with Gasteiger partial charge in [-0.25, -0.2) is 0 Å². The van der Waals surface area contributed by atoms with E-state index < -0.39 is 0 Å². The van der Waals surface area contributed by atoms with Crippen molar-refractivity contribution in [3.63, 3.8) is 0 Å². The summed E-state index contributed by atoms with van der Waals surface area (Å²) in [5, 5.41) is 7.54. The van der Waals surface area contributed by atoms with Crippen LogP contribution in [0, 0.1) is 6.92 Å². The standard InChI is InChI=1S/C23H20N2OS/c1-15-11-22(27-14-15)21-10-9-20(13-24-21)23(26)25-16(2)18-8-7-17-5-3-4-6-19(17)12-18/h3-14,16H,1-2H3,(H,25,26)/t16-/m0/s1. The van der Waals surface area contributed by atoms with E-state index in [1.165, 1.54) is 16.3 Å². The molecule has 4 aromatic rings. The molecule has 27 heavy (non-hydrogen) atoms. The van der Waals surface area contributed by atoms with Crippen molar-refractivity contribution in [3.05, 3.63) is 88.9 Å². The molecule has 1 atom stereocenters. The van der Waals surface area contributed by atoms with Crippen molar-refractivity contribution >= 4 is 28.0 Å². The van der Waals surface area contributed by atoms with E-state index in [0.29, 0.717) is 5.56 Å². The molecule has 0 radical (unpaired) electrons. The molecule has 2 heterocycles. The molecule has 3 nitrogen and oxygen atoms in total. The van der Waals surface area contributed by atoms with E-state index in [1.54, 1.807) is 17.5 Å². The summed E-state index contributed by atoms with van der Waals surface area (Å²) in [6, 6.07) is 20.3. The molecular formula is C23H20N2OS. The van der Waals surface area contributed by atoms with Gasteiger partial charge in [-0.15, -0.1) is 11.3 Å². The normalized spacial score (nSPS) is 12.1. The Hall–Kier alpha value is -2.98. The fraction of sp³-hybridized carbons (Fsp3) is 0.130. The highest BCUT2D eigenvalue weighted by Gasteiger charge is 2.13. The van der Waals surface area contributed by atoms with Crippen molar-refractivity contribution in [2.45, 2.75) is 19.9 Å². The Balaban J connectivity index is 1.49. The molecule has 0 aliphatic rings. The van der Waals surface area contributed by atoms with Crippen LogP contribution in [-0.2, 0) is 0 Å². The van der Waals surface area contributed by atoms with Gasteiger partial charge in [-0.2, -0.15) is 0 Å². The van der Waals surface area contributed by atoms with Crippen LogP contribution in [0.2, 0.25) is 0 Å². The number of rotatable bonds is 4. The minimum atomic E-state index is -0.114. The van der Waals surface area contributed by atoms with E-state index in [9.17, 15) is 4.79 Å². The highest BCUT2D eigenvalue weighted by atomic mass is 32.1. The first-order valence-electron chi connectivity index (χ1n) is 8.91. The second-order valence-corrected chi connectivity index (χ2v) is 7.63. The van der Waals surface area contributed by atoms with E-state index in [0.717, 1.165) is 16.1 Å². The van der Waals surface area contributed by atoms with Gasteiger partial charge in [0.1, 0.15) is 0 Å². The first-order valence-corrected chi connectivity index (χ1v) is 9.79. The third-order valence-electron chi connectivity index (χ3n) is 4.63. The Bertz CT molecular complexity index is 1100. The molecule has 0 spiro atoms. The van der Waals surface area contributed by atoms with Gasteiger partial charge >= 0.3 is 0 Å². The van der Waals surface area contributed by atoms with Crippen molar-refractivity contribution in [1.82, 2.24) is 10.3 Å². The van der Waals surface area contributed by atoms with E-state index in [-0.39, 0.29) is 11.9 Å². The van der Waals surface area contributed by atoms with Crippen LogP contribution in [0.25, 0.3) is 21.3 Å². The molecule has 0 aliphatic heterocycles. The van der Waals surface area contributed by atoms with Gasteiger partial charge in [0.25, 0.3) is 5.91 Å². The monoisotopic (exact) mass is 372 g/mol. The maximum atomic E-state index is 12.6. The summed E-state index contributed by atoms with van der Waals surface area (Å²) in [5.74, 6) is -0.114. The molecular weight excluding hydrogens is 352 g/mol. The average Bonchev–Trinajstić information content (AvgIpc) is 3.14. The lowest BCUT2D eigenvalue weighted by Gasteiger charge is -2.15. The topological polar surface area (TPSA) is 42.0 Å². The summed E-state index contributed by atoms with van der Waals surface area (Å²) in [6.45, 7) is 4.06. The van der Waals surface area contributed by atoms with Crippen molar-refractivity contribution in [1.29, 1.82) is 0 Å². The number of carbonyl (C=O) groups excluding carboxylic acids is 1. The van der Waals surface area contributed by atoms with Gasteiger partial charge < -0.3 is 5.32 Å². The van der Waals surface area contributed by atoms with Crippen LogP contribution in [0.1, 0.15) is 34.5 Å². The number of carbonyl (C=O) groups is 1. The molecule has 4 rings (SSSR count). The molecule has 134 valence electrons. The molecule has 2 aromatic carbocycles. The third-order valence-corrected chi connectivity index (χ3v) is 5.70. The zero-order valence-electron chi connectivity index (χ0n) is 15.3. The van der Waals surface area contributed by atoms with Crippen molar-refractivity contribution in [3.8, 4) is 10.6 Å². The predicted molar refractivity (Wildman–Crippen MR) is 112 cm³/mol. The molecule has 0 fully saturated rings. The van der Waals surface area contributed by atoms with Crippen molar-refractivity contribution in [2.24, 2.45) is 0 Å². The maximum Gasteiger partial charge on any atom is 0.253 e. The number of hydrogen-bond donors (Lipinski definition) is 1. The van der Waals surface area contributed by atoms with Crippen LogP contribution in [0.3, 0.4) is 0 Å².